The second kappa shape index (κ2) is 6.37. The number of nitrogens with zero attached hydrogens (tertiary/aromatic N) is 1. The summed E-state index contributed by atoms with van der Waals surface area (Å²) in [6.45, 7) is 2.17. The Morgan fingerprint density at radius 3 is 2.38 bits per heavy atom. The van der Waals surface area contributed by atoms with Gasteiger partial charge in [-0.2, -0.15) is 0 Å². The molecule has 1 aromatic rings. The summed E-state index contributed by atoms with van der Waals surface area (Å²) in [5.74, 6) is -0.423. The average Bonchev–Trinajstić information content (AvgIpc) is 2.74. The minimum absolute atomic E-state index is 0.423. The topological polar surface area (TPSA) is 86.2 Å². The lowest BCUT2D eigenvalue weighted by atomic mass is 10.2. The predicted molar refractivity (Wildman–Crippen MR) is 60.0 cm³/mol. The first-order valence-corrected chi connectivity index (χ1v) is 6.45. The molecule has 6 heteroatoms. The molecule has 0 fully saturated rings. The fourth-order valence-corrected chi connectivity index (χ4v) is 1.75. The minimum Gasteiger partial charge on any atom is -0.748 e. The van der Waals surface area contributed by atoms with E-state index in [1.165, 1.54) is 0 Å². The van der Waals surface area contributed by atoms with Gasteiger partial charge in [0.1, 0.15) is 6.54 Å². The van der Waals surface area contributed by atoms with E-state index in [0.717, 1.165) is 13.1 Å². The Balaban J connectivity index is 0.000000212. The molecule has 1 aliphatic rings. The molecular weight excluding hydrogens is 228 g/mol. The molecule has 0 unspecified atom stereocenters. The van der Waals surface area contributed by atoms with Gasteiger partial charge >= 0.3 is 0 Å². The van der Waals surface area contributed by atoms with Crippen LogP contribution in [0, 0.1) is 0 Å². The van der Waals surface area contributed by atoms with E-state index in [1.54, 1.807) is 30.3 Å². The van der Waals surface area contributed by atoms with E-state index in [-0.39, 0.29) is 0 Å². The number of hydrogen-bond donors (Lipinski definition) is 1. The molecule has 0 radical (unpaired) electrons. The van der Waals surface area contributed by atoms with E-state index in [0.29, 0.717) is 5.56 Å². The molecule has 1 aliphatic heterocycles. The molecule has 0 bridgehead atoms. The van der Waals surface area contributed by atoms with Crippen LogP contribution in [0.5, 0.6) is 0 Å². The van der Waals surface area contributed by atoms with Crippen molar-refractivity contribution in [2.45, 2.75) is 5.75 Å². The van der Waals surface area contributed by atoms with E-state index in [4.69, 9.17) is 0 Å². The Bertz CT molecular complexity index is 423. The van der Waals surface area contributed by atoms with E-state index in [9.17, 15) is 13.0 Å². The molecule has 0 aliphatic carbocycles. The second-order valence-electron chi connectivity index (χ2n) is 3.27. The second-order valence-corrected chi connectivity index (χ2v) is 4.67. The summed E-state index contributed by atoms with van der Waals surface area (Å²) in [5, 5.41) is 2.07. The van der Waals surface area contributed by atoms with Crippen molar-refractivity contribution in [1.82, 2.24) is 0 Å². The van der Waals surface area contributed by atoms with Gasteiger partial charge in [-0.3, -0.25) is 0 Å². The first-order valence-electron chi connectivity index (χ1n) is 4.87. The Hall–Kier alpha value is -1.24. The first-order chi connectivity index (χ1) is 7.58. The molecule has 2 rings (SSSR count). The van der Waals surface area contributed by atoms with Gasteiger partial charge in [0.15, 0.2) is 6.34 Å². The molecule has 5 nitrogen and oxygen atoms in total. The van der Waals surface area contributed by atoms with Gasteiger partial charge in [0, 0.05) is 0 Å². The molecule has 0 aromatic heterocycles. The Labute approximate surface area is 95.0 Å². The first kappa shape index (κ1) is 12.8. The van der Waals surface area contributed by atoms with Crippen molar-refractivity contribution in [3.05, 3.63) is 35.9 Å². The fraction of sp³-hybridized carbons (Fsp3) is 0.300. The van der Waals surface area contributed by atoms with Gasteiger partial charge in [-0.05, 0) is 5.56 Å². The van der Waals surface area contributed by atoms with E-state index in [2.05, 4.69) is 10.3 Å². The number of aliphatic imine (C=N–C) groups is 1. The maximum atomic E-state index is 10.2. The van der Waals surface area contributed by atoms with Crippen LogP contribution >= 0.6 is 0 Å². The van der Waals surface area contributed by atoms with Gasteiger partial charge in [0.2, 0.25) is 0 Å². The smallest absolute Gasteiger partial charge is 0.182 e. The largest absolute Gasteiger partial charge is 0.748 e. The highest BCUT2D eigenvalue weighted by molar-refractivity contribution is 7.84. The normalized spacial score (nSPS) is 14.3. The summed E-state index contributed by atoms with van der Waals surface area (Å²) in [6, 6.07) is 8.37. The summed E-state index contributed by atoms with van der Waals surface area (Å²) < 4.78 is 30.7. The maximum absolute atomic E-state index is 10.2. The minimum atomic E-state index is -4.13. The lowest BCUT2D eigenvalue weighted by Crippen LogP contribution is -2.80. The highest BCUT2D eigenvalue weighted by Crippen LogP contribution is 2.02. The van der Waals surface area contributed by atoms with Crippen LogP contribution < -0.4 is 5.32 Å². The summed E-state index contributed by atoms with van der Waals surface area (Å²) in [5.41, 5.74) is 0.530. The molecule has 2 N–H and O–H groups in total. The number of rotatable bonds is 2. The third kappa shape index (κ3) is 6.28. The van der Waals surface area contributed by atoms with Crippen molar-refractivity contribution < 1.29 is 18.3 Å². The summed E-state index contributed by atoms with van der Waals surface area (Å²) in [4.78, 5) is 3.90. The molecule has 0 saturated carbocycles. The van der Waals surface area contributed by atoms with Crippen molar-refractivity contribution in [2.75, 3.05) is 13.1 Å². The molecular formula is C10H14N2O3S. The molecule has 1 heterocycles. The Morgan fingerprint density at radius 2 is 2.00 bits per heavy atom. The number of hydrogen-bond acceptors (Lipinski definition) is 4. The van der Waals surface area contributed by atoms with Crippen molar-refractivity contribution in [3.8, 4) is 0 Å². The zero-order chi connectivity index (χ0) is 11.9. The van der Waals surface area contributed by atoms with Gasteiger partial charge in [-0.1, -0.05) is 30.3 Å². The molecule has 0 atom stereocenters. The monoisotopic (exact) mass is 242 g/mol. The van der Waals surface area contributed by atoms with Crippen molar-refractivity contribution >= 4 is 16.5 Å². The van der Waals surface area contributed by atoms with Gasteiger partial charge in [0.25, 0.3) is 0 Å². The molecule has 88 valence electrons. The van der Waals surface area contributed by atoms with Gasteiger partial charge in [0.05, 0.1) is 22.4 Å². The molecule has 1 aromatic carbocycles. The molecule has 0 saturated heterocycles. The van der Waals surface area contributed by atoms with Crippen LogP contribution in [0.15, 0.2) is 35.3 Å². The van der Waals surface area contributed by atoms with E-state index < -0.39 is 15.9 Å². The van der Waals surface area contributed by atoms with Crippen molar-refractivity contribution in [3.63, 3.8) is 0 Å². The lowest BCUT2D eigenvalue weighted by Gasteiger charge is -2.05. The van der Waals surface area contributed by atoms with E-state index >= 15 is 0 Å². The van der Waals surface area contributed by atoms with E-state index in [1.807, 2.05) is 6.34 Å². The lowest BCUT2D eigenvalue weighted by molar-refractivity contribution is -0.518. The van der Waals surface area contributed by atoms with Crippen LogP contribution in [0.2, 0.25) is 0 Å². The summed E-state index contributed by atoms with van der Waals surface area (Å²) >= 11 is 0. The zero-order valence-electron chi connectivity index (χ0n) is 8.74. The quantitative estimate of drug-likeness (QED) is 0.697. The molecule has 0 spiro atoms. The maximum Gasteiger partial charge on any atom is 0.182 e. The Kier molecular flexibility index (Phi) is 5.10. The fourth-order valence-electron chi connectivity index (χ4n) is 1.15. The number of nitrogens with two attached hydrogens (primary N) is 1. The van der Waals surface area contributed by atoms with Gasteiger partial charge in [-0.25, -0.2) is 13.4 Å². The van der Waals surface area contributed by atoms with Crippen LogP contribution in [0.1, 0.15) is 5.56 Å². The zero-order valence-corrected chi connectivity index (χ0v) is 9.56. The third-order valence-electron chi connectivity index (χ3n) is 1.82. The molecule has 0 amide bonds. The van der Waals surface area contributed by atoms with Crippen LogP contribution in [0.25, 0.3) is 0 Å². The van der Waals surface area contributed by atoms with Crippen LogP contribution in [0.4, 0.5) is 0 Å². The number of quaternary nitrogens is 1. The summed E-state index contributed by atoms with van der Waals surface area (Å²) in [7, 11) is -4.13. The molecule has 16 heavy (non-hydrogen) atoms. The standard InChI is InChI=1S/C7H8O3S.C3H6N2/c8-11(9,10)6-7-4-2-1-3-5-7;1-2-5-3-4-1/h1-5H,6H2,(H,8,9,10);3H,1-2H2,(H,4,5). The van der Waals surface area contributed by atoms with Crippen LogP contribution in [-0.2, 0) is 15.9 Å². The van der Waals surface area contributed by atoms with Crippen LogP contribution in [-0.4, -0.2) is 32.4 Å². The van der Waals surface area contributed by atoms with Gasteiger partial charge < -0.3 is 9.87 Å². The van der Waals surface area contributed by atoms with Crippen LogP contribution in [0.3, 0.4) is 0 Å². The third-order valence-corrected chi connectivity index (χ3v) is 2.51. The average molecular weight is 242 g/mol. The predicted octanol–water partition coefficient (Wildman–Crippen LogP) is -0.676. The highest BCUT2D eigenvalue weighted by atomic mass is 32.2. The Morgan fingerprint density at radius 1 is 1.31 bits per heavy atom. The van der Waals surface area contributed by atoms with Crippen molar-refractivity contribution in [2.24, 2.45) is 4.99 Å². The highest BCUT2D eigenvalue weighted by Gasteiger charge is 1.95. The van der Waals surface area contributed by atoms with Crippen molar-refractivity contribution in [1.29, 1.82) is 0 Å². The summed E-state index contributed by atoms with van der Waals surface area (Å²) in [6.07, 6.45) is 1.86. The van der Waals surface area contributed by atoms with Gasteiger partial charge in [-0.15, -0.1) is 0 Å². The SMILES string of the molecule is C1=NCC[NH2+]1.O=S(=O)([O-])Cc1ccccc1. The number of benzene rings is 1.